The summed E-state index contributed by atoms with van der Waals surface area (Å²) in [6.07, 6.45) is 7.96. The predicted molar refractivity (Wildman–Crippen MR) is 80.9 cm³/mol. The molecule has 1 N–H and O–H groups in total. The highest BCUT2D eigenvalue weighted by Crippen LogP contribution is 2.19. The number of nitrogens with zero attached hydrogens (tertiary/aromatic N) is 2. The van der Waals surface area contributed by atoms with Gasteiger partial charge in [-0.25, -0.2) is 0 Å². The maximum Gasteiger partial charge on any atom is 0.168 e. The predicted octanol–water partition coefficient (Wildman–Crippen LogP) is 2.22. The van der Waals surface area contributed by atoms with Gasteiger partial charge in [-0.15, -0.1) is 0 Å². The van der Waals surface area contributed by atoms with Crippen molar-refractivity contribution in [1.29, 1.82) is 0 Å². The third-order valence-electron chi connectivity index (χ3n) is 4.42. The van der Waals surface area contributed by atoms with Crippen molar-refractivity contribution in [3.8, 4) is 0 Å². The molecule has 2 aliphatic rings. The van der Waals surface area contributed by atoms with E-state index in [1.54, 1.807) is 0 Å². The van der Waals surface area contributed by atoms with Gasteiger partial charge >= 0.3 is 0 Å². The maximum absolute atomic E-state index is 5.52. The Morgan fingerprint density at radius 3 is 2.67 bits per heavy atom. The van der Waals surface area contributed by atoms with E-state index in [1.807, 2.05) is 0 Å². The van der Waals surface area contributed by atoms with Gasteiger partial charge in [0.1, 0.15) is 0 Å². The fourth-order valence-electron chi connectivity index (χ4n) is 3.27. The molecule has 104 valence electrons. The molecule has 0 bridgehead atoms. The van der Waals surface area contributed by atoms with Crippen LogP contribution >= 0.6 is 12.2 Å². The lowest BCUT2D eigenvalue weighted by atomic mass is 10.2. The SMILES string of the molecule is CCN1CCCC1CN(C)C(=S)NC1CCCC1. The fourth-order valence-corrected chi connectivity index (χ4v) is 3.51. The van der Waals surface area contributed by atoms with Crippen LogP contribution < -0.4 is 5.32 Å². The van der Waals surface area contributed by atoms with Crippen molar-refractivity contribution in [3.05, 3.63) is 0 Å². The lowest BCUT2D eigenvalue weighted by Crippen LogP contribution is -2.47. The molecule has 0 aromatic rings. The lowest BCUT2D eigenvalue weighted by molar-refractivity contribution is 0.233. The van der Waals surface area contributed by atoms with Gasteiger partial charge in [0.25, 0.3) is 0 Å². The first-order valence-electron chi connectivity index (χ1n) is 7.46. The average Bonchev–Trinajstić information content (AvgIpc) is 2.99. The highest BCUT2D eigenvalue weighted by Gasteiger charge is 2.25. The average molecular weight is 269 g/mol. The van der Waals surface area contributed by atoms with Crippen LogP contribution in [-0.2, 0) is 0 Å². The Morgan fingerprint density at radius 2 is 2.00 bits per heavy atom. The second-order valence-corrected chi connectivity index (χ2v) is 6.12. The summed E-state index contributed by atoms with van der Waals surface area (Å²) in [5.41, 5.74) is 0. The van der Waals surface area contributed by atoms with Crippen molar-refractivity contribution in [3.63, 3.8) is 0 Å². The standard InChI is InChI=1S/C14H27N3S/c1-3-17-10-6-9-13(17)11-16(2)14(18)15-12-7-4-5-8-12/h12-13H,3-11H2,1-2H3,(H,15,18). The molecule has 0 spiro atoms. The van der Waals surface area contributed by atoms with Crippen LogP contribution in [0.5, 0.6) is 0 Å². The Bertz CT molecular complexity index is 276. The Hall–Kier alpha value is -0.350. The number of likely N-dealkylation sites (tertiary alicyclic amines) is 1. The Labute approximate surface area is 117 Å². The quantitative estimate of drug-likeness (QED) is 0.789. The third-order valence-corrected chi connectivity index (χ3v) is 4.85. The summed E-state index contributed by atoms with van der Waals surface area (Å²) in [5, 5.41) is 4.47. The van der Waals surface area contributed by atoms with Gasteiger partial charge in [-0.3, -0.25) is 4.90 Å². The molecule has 0 radical (unpaired) electrons. The van der Waals surface area contributed by atoms with E-state index in [0.717, 1.165) is 11.7 Å². The highest BCUT2D eigenvalue weighted by atomic mass is 32.1. The number of thiocarbonyl (C=S) groups is 1. The second-order valence-electron chi connectivity index (χ2n) is 5.74. The van der Waals surface area contributed by atoms with E-state index in [2.05, 4.69) is 29.1 Å². The first kappa shape index (κ1) is 14.1. The van der Waals surface area contributed by atoms with Crippen LogP contribution in [0.1, 0.15) is 45.4 Å². The van der Waals surface area contributed by atoms with Crippen LogP contribution in [0.4, 0.5) is 0 Å². The zero-order chi connectivity index (χ0) is 13.0. The molecule has 1 unspecified atom stereocenters. The summed E-state index contributed by atoms with van der Waals surface area (Å²) in [4.78, 5) is 4.82. The van der Waals surface area contributed by atoms with Crippen molar-refractivity contribution >= 4 is 17.3 Å². The zero-order valence-electron chi connectivity index (χ0n) is 11.8. The summed E-state index contributed by atoms with van der Waals surface area (Å²) in [6.45, 7) is 5.76. The number of nitrogens with one attached hydrogen (secondary N) is 1. The maximum atomic E-state index is 5.52. The minimum Gasteiger partial charge on any atom is -0.360 e. The second kappa shape index (κ2) is 6.71. The molecule has 4 heteroatoms. The largest absolute Gasteiger partial charge is 0.360 e. The Kier molecular flexibility index (Phi) is 5.25. The van der Waals surface area contributed by atoms with Crippen LogP contribution in [0.15, 0.2) is 0 Å². The normalized spacial score (nSPS) is 25.6. The molecule has 1 aliphatic heterocycles. The summed E-state index contributed by atoms with van der Waals surface area (Å²) >= 11 is 5.52. The van der Waals surface area contributed by atoms with Gasteiger partial charge < -0.3 is 10.2 Å². The number of rotatable bonds is 4. The molecular weight excluding hydrogens is 242 g/mol. The summed E-state index contributed by atoms with van der Waals surface area (Å²) in [5.74, 6) is 0. The minimum absolute atomic E-state index is 0.630. The number of hydrogen-bond donors (Lipinski definition) is 1. The van der Waals surface area contributed by atoms with Crippen molar-refractivity contribution < 1.29 is 0 Å². The Morgan fingerprint density at radius 1 is 1.28 bits per heavy atom. The van der Waals surface area contributed by atoms with Crippen molar-refractivity contribution in [2.75, 3.05) is 26.7 Å². The van der Waals surface area contributed by atoms with Crippen LogP contribution in [0, 0.1) is 0 Å². The van der Waals surface area contributed by atoms with E-state index in [0.29, 0.717) is 12.1 Å². The minimum atomic E-state index is 0.630. The molecule has 0 aromatic heterocycles. The van der Waals surface area contributed by atoms with E-state index in [-0.39, 0.29) is 0 Å². The molecule has 2 rings (SSSR count). The summed E-state index contributed by atoms with van der Waals surface area (Å²) in [6, 6.07) is 1.33. The molecule has 1 saturated heterocycles. The number of likely N-dealkylation sites (N-methyl/N-ethyl adjacent to an activating group) is 2. The van der Waals surface area contributed by atoms with Gasteiger partial charge in [-0.2, -0.15) is 0 Å². The van der Waals surface area contributed by atoms with Crippen LogP contribution in [0.2, 0.25) is 0 Å². The van der Waals surface area contributed by atoms with Gasteiger partial charge in [0, 0.05) is 25.7 Å². The molecule has 18 heavy (non-hydrogen) atoms. The fraction of sp³-hybridized carbons (Fsp3) is 0.929. The van der Waals surface area contributed by atoms with E-state index in [1.165, 1.54) is 51.6 Å². The van der Waals surface area contributed by atoms with Gasteiger partial charge in [0.15, 0.2) is 5.11 Å². The van der Waals surface area contributed by atoms with Crippen molar-refractivity contribution in [1.82, 2.24) is 15.1 Å². The third kappa shape index (κ3) is 3.58. The van der Waals surface area contributed by atoms with E-state index in [9.17, 15) is 0 Å². The molecule has 2 fully saturated rings. The zero-order valence-corrected chi connectivity index (χ0v) is 12.6. The Balaban J connectivity index is 1.75. The van der Waals surface area contributed by atoms with Crippen LogP contribution in [-0.4, -0.2) is 53.7 Å². The van der Waals surface area contributed by atoms with E-state index >= 15 is 0 Å². The van der Waals surface area contributed by atoms with Crippen molar-refractivity contribution in [2.24, 2.45) is 0 Å². The topological polar surface area (TPSA) is 18.5 Å². The van der Waals surface area contributed by atoms with Gasteiger partial charge in [-0.1, -0.05) is 19.8 Å². The first-order chi connectivity index (χ1) is 8.70. The van der Waals surface area contributed by atoms with Crippen LogP contribution in [0.25, 0.3) is 0 Å². The van der Waals surface area contributed by atoms with Crippen LogP contribution in [0.3, 0.4) is 0 Å². The summed E-state index contributed by atoms with van der Waals surface area (Å²) in [7, 11) is 2.14. The molecule has 1 saturated carbocycles. The van der Waals surface area contributed by atoms with Crippen molar-refractivity contribution in [2.45, 2.75) is 57.5 Å². The van der Waals surface area contributed by atoms with Gasteiger partial charge in [0.2, 0.25) is 0 Å². The molecule has 3 nitrogen and oxygen atoms in total. The smallest absolute Gasteiger partial charge is 0.168 e. The van der Waals surface area contributed by atoms with Gasteiger partial charge in [-0.05, 0) is 51.0 Å². The van der Waals surface area contributed by atoms with E-state index in [4.69, 9.17) is 12.2 Å². The molecule has 0 amide bonds. The molecule has 0 aromatic carbocycles. The highest BCUT2D eigenvalue weighted by molar-refractivity contribution is 7.80. The lowest BCUT2D eigenvalue weighted by Gasteiger charge is -2.30. The monoisotopic (exact) mass is 269 g/mol. The van der Waals surface area contributed by atoms with E-state index < -0.39 is 0 Å². The summed E-state index contributed by atoms with van der Waals surface area (Å²) < 4.78 is 0. The molecule has 1 heterocycles. The van der Waals surface area contributed by atoms with Gasteiger partial charge in [0.05, 0.1) is 0 Å². The molecule has 1 atom stereocenters. The molecule has 1 aliphatic carbocycles. The number of hydrogen-bond acceptors (Lipinski definition) is 2. The molecular formula is C14H27N3S. The first-order valence-corrected chi connectivity index (χ1v) is 7.87.